The van der Waals surface area contributed by atoms with E-state index in [1.807, 2.05) is 0 Å². The molecule has 0 fully saturated rings. The number of carbonyl (C=O) groups is 1. The first-order valence-corrected chi connectivity index (χ1v) is 7.80. The molecule has 3 rings (SSSR count). The second-order valence-electron chi connectivity index (χ2n) is 5.77. The van der Waals surface area contributed by atoms with Crippen LogP contribution < -0.4 is 5.32 Å². The van der Waals surface area contributed by atoms with Crippen LogP contribution in [0.3, 0.4) is 0 Å². The molecule has 136 valence electrons. The van der Waals surface area contributed by atoms with Crippen LogP contribution in [0.25, 0.3) is 0 Å². The third-order valence-corrected chi connectivity index (χ3v) is 3.67. The van der Waals surface area contributed by atoms with Gasteiger partial charge in [0.1, 0.15) is 18.1 Å². The summed E-state index contributed by atoms with van der Waals surface area (Å²) in [5.41, 5.74) is 1.29. The summed E-state index contributed by atoms with van der Waals surface area (Å²) in [5.74, 6) is -0.747. The number of alkyl halides is 2. The largest absolute Gasteiger partial charge is 0.322 e. The number of benzene rings is 1. The lowest BCUT2D eigenvalue weighted by Gasteiger charge is -2.05. The van der Waals surface area contributed by atoms with Crippen molar-refractivity contribution in [1.29, 1.82) is 0 Å². The van der Waals surface area contributed by atoms with E-state index in [-0.39, 0.29) is 18.1 Å². The molecule has 2 heterocycles. The monoisotopic (exact) mass is 363 g/mol. The van der Waals surface area contributed by atoms with Gasteiger partial charge >= 0.3 is 0 Å². The fourth-order valence-corrected chi connectivity index (χ4v) is 2.48. The molecular formula is C17H16F3N5O. The van der Waals surface area contributed by atoms with Crippen molar-refractivity contribution in [3.63, 3.8) is 0 Å². The van der Waals surface area contributed by atoms with Gasteiger partial charge < -0.3 is 5.32 Å². The standard InChI is InChI=1S/C17H16F3N5O/c1-11-5-15(17(19)20)23-25(11)10-16(26)22-14-7-21-24(9-14)8-12-3-2-4-13(18)6-12/h2-7,9,17H,8,10H2,1H3,(H,22,26). The Labute approximate surface area is 147 Å². The Balaban J connectivity index is 1.61. The predicted molar refractivity (Wildman–Crippen MR) is 88.3 cm³/mol. The molecule has 0 saturated carbocycles. The molecule has 0 atom stereocenters. The van der Waals surface area contributed by atoms with Crippen molar-refractivity contribution in [2.45, 2.75) is 26.4 Å². The van der Waals surface area contributed by atoms with Gasteiger partial charge in [-0.2, -0.15) is 10.2 Å². The van der Waals surface area contributed by atoms with Crippen LogP contribution >= 0.6 is 0 Å². The summed E-state index contributed by atoms with van der Waals surface area (Å²) in [7, 11) is 0. The zero-order chi connectivity index (χ0) is 18.7. The molecule has 0 radical (unpaired) electrons. The van der Waals surface area contributed by atoms with Crippen molar-refractivity contribution < 1.29 is 18.0 Å². The zero-order valence-electron chi connectivity index (χ0n) is 13.9. The summed E-state index contributed by atoms with van der Waals surface area (Å²) in [6.07, 6.45) is 0.375. The van der Waals surface area contributed by atoms with Crippen LogP contribution in [0.5, 0.6) is 0 Å². The predicted octanol–water partition coefficient (Wildman–Crippen LogP) is 3.15. The number of hydrogen-bond acceptors (Lipinski definition) is 3. The average molecular weight is 363 g/mol. The molecule has 0 unspecified atom stereocenters. The molecule has 0 aliphatic carbocycles. The molecule has 6 nitrogen and oxygen atoms in total. The van der Waals surface area contributed by atoms with Crippen molar-refractivity contribution in [3.8, 4) is 0 Å². The topological polar surface area (TPSA) is 64.7 Å². The van der Waals surface area contributed by atoms with Gasteiger partial charge in [0.2, 0.25) is 5.91 Å². The quantitative estimate of drug-likeness (QED) is 0.732. The van der Waals surface area contributed by atoms with Crippen LogP contribution in [0.4, 0.5) is 18.9 Å². The van der Waals surface area contributed by atoms with Crippen molar-refractivity contribution in [1.82, 2.24) is 19.6 Å². The second kappa shape index (κ2) is 7.42. The van der Waals surface area contributed by atoms with E-state index in [9.17, 15) is 18.0 Å². The average Bonchev–Trinajstić information content (AvgIpc) is 3.14. The molecule has 9 heteroatoms. The van der Waals surface area contributed by atoms with Gasteiger partial charge in [-0.05, 0) is 30.7 Å². The Kier molecular flexibility index (Phi) is 5.06. The third kappa shape index (κ3) is 4.29. The van der Waals surface area contributed by atoms with Crippen LogP contribution in [0.2, 0.25) is 0 Å². The zero-order valence-corrected chi connectivity index (χ0v) is 13.9. The van der Waals surface area contributed by atoms with E-state index in [4.69, 9.17) is 0 Å². The lowest BCUT2D eigenvalue weighted by atomic mass is 10.2. The summed E-state index contributed by atoms with van der Waals surface area (Å²) in [6.45, 7) is 1.76. The molecule has 1 N–H and O–H groups in total. The molecule has 1 amide bonds. The fraction of sp³-hybridized carbons (Fsp3) is 0.235. The Morgan fingerprint density at radius 2 is 2.12 bits per heavy atom. The fourth-order valence-electron chi connectivity index (χ4n) is 2.48. The molecule has 0 aliphatic rings. The number of rotatable bonds is 6. The van der Waals surface area contributed by atoms with Crippen LogP contribution in [0.15, 0.2) is 42.7 Å². The van der Waals surface area contributed by atoms with E-state index >= 15 is 0 Å². The minimum atomic E-state index is -2.68. The number of nitrogens with one attached hydrogen (secondary N) is 1. The maximum absolute atomic E-state index is 13.2. The highest BCUT2D eigenvalue weighted by Gasteiger charge is 2.15. The molecule has 0 bridgehead atoms. The van der Waals surface area contributed by atoms with Crippen molar-refractivity contribution in [3.05, 3.63) is 65.5 Å². The molecular weight excluding hydrogens is 347 g/mol. The number of halogens is 3. The van der Waals surface area contributed by atoms with E-state index in [2.05, 4.69) is 15.5 Å². The maximum Gasteiger partial charge on any atom is 0.282 e. The van der Waals surface area contributed by atoms with E-state index in [1.54, 1.807) is 29.9 Å². The number of hydrogen-bond donors (Lipinski definition) is 1. The van der Waals surface area contributed by atoms with Gasteiger partial charge in [-0.1, -0.05) is 12.1 Å². The summed E-state index contributed by atoms with van der Waals surface area (Å²) < 4.78 is 41.2. The highest BCUT2D eigenvalue weighted by atomic mass is 19.3. The van der Waals surface area contributed by atoms with Gasteiger partial charge in [-0.3, -0.25) is 14.2 Å². The third-order valence-electron chi connectivity index (χ3n) is 3.67. The Morgan fingerprint density at radius 1 is 1.31 bits per heavy atom. The molecule has 2 aromatic heterocycles. The highest BCUT2D eigenvalue weighted by Crippen LogP contribution is 2.18. The first kappa shape index (κ1) is 17.7. The van der Waals surface area contributed by atoms with Crippen molar-refractivity contribution in [2.24, 2.45) is 0 Å². The van der Waals surface area contributed by atoms with Crippen molar-refractivity contribution in [2.75, 3.05) is 5.32 Å². The van der Waals surface area contributed by atoms with Crippen LogP contribution in [-0.2, 0) is 17.9 Å². The summed E-state index contributed by atoms with van der Waals surface area (Å²) in [6, 6.07) is 7.38. The number of carbonyl (C=O) groups excluding carboxylic acids is 1. The molecule has 3 aromatic rings. The van der Waals surface area contributed by atoms with E-state index in [0.29, 0.717) is 17.9 Å². The van der Waals surface area contributed by atoms with E-state index < -0.39 is 12.3 Å². The molecule has 0 spiro atoms. The van der Waals surface area contributed by atoms with Gasteiger partial charge in [-0.25, -0.2) is 13.2 Å². The van der Waals surface area contributed by atoms with E-state index in [1.165, 1.54) is 29.1 Å². The number of aromatic nitrogens is 4. The molecule has 1 aromatic carbocycles. The first-order chi connectivity index (χ1) is 12.4. The minimum Gasteiger partial charge on any atom is -0.322 e. The molecule has 26 heavy (non-hydrogen) atoms. The van der Waals surface area contributed by atoms with Crippen LogP contribution in [0, 0.1) is 12.7 Å². The summed E-state index contributed by atoms with van der Waals surface area (Å²) in [4.78, 5) is 12.1. The maximum atomic E-state index is 13.2. The van der Waals surface area contributed by atoms with Gasteiger partial charge in [0.15, 0.2) is 0 Å². The van der Waals surface area contributed by atoms with Crippen molar-refractivity contribution >= 4 is 11.6 Å². The summed E-state index contributed by atoms with van der Waals surface area (Å²) >= 11 is 0. The number of aryl methyl sites for hydroxylation is 1. The number of amides is 1. The Morgan fingerprint density at radius 3 is 2.81 bits per heavy atom. The number of nitrogens with zero attached hydrogens (tertiary/aromatic N) is 4. The molecule has 0 aliphatic heterocycles. The lowest BCUT2D eigenvalue weighted by molar-refractivity contribution is -0.117. The first-order valence-electron chi connectivity index (χ1n) is 7.80. The number of anilines is 1. The van der Waals surface area contributed by atoms with Crippen LogP contribution in [0.1, 0.15) is 23.4 Å². The Bertz CT molecular complexity index is 919. The van der Waals surface area contributed by atoms with Gasteiger partial charge in [0.25, 0.3) is 6.43 Å². The van der Waals surface area contributed by atoms with Gasteiger partial charge in [0.05, 0.1) is 18.4 Å². The smallest absolute Gasteiger partial charge is 0.282 e. The molecule has 0 saturated heterocycles. The van der Waals surface area contributed by atoms with E-state index in [0.717, 1.165) is 5.56 Å². The lowest BCUT2D eigenvalue weighted by Crippen LogP contribution is -2.20. The van der Waals surface area contributed by atoms with Gasteiger partial charge in [0, 0.05) is 11.9 Å². The second-order valence-corrected chi connectivity index (χ2v) is 5.77. The summed E-state index contributed by atoms with van der Waals surface area (Å²) in [5, 5.41) is 10.4. The normalized spacial score (nSPS) is 11.1. The Hall–Kier alpha value is -3.10. The van der Waals surface area contributed by atoms with Crippen LogP contribution in [-0.4, -0.2) is 25.5 Å². The van der Waals surface area contributed by atoms with Gasteiger partial charge in [-0.15, -0.1) is 0 Å². The minimum absolute atomic E-state index is 0.187. The highest BCUT2D eigenvalue weighted by molar-refractivity contribution is 5.90. The SMILES string of the molecule is Cc1cc(C(F)F)nn1CC(=O)Nc1cnn(Cc2cccc(F)c2)c1.